The van der Waals surface area contributed by atoms with Gasteiger partial charge in [-0.25, -0.2) is 0 Å². The van der Waals surface area contributed by atoms with Gasteiger partial charge in [-0.15, -0.1) is 12.4 Å². The summed E-state index contributed by atoms with van der Waals surface area (Å²) in [7, 11) is 0. The Kier molecular flexibility index (Phi) is 8.00. The van der Waals surface area contributed by atoms with Crippen molar-refractivity contribution < 1.29 is 9.59 Å². The first-order valence-electron chi connectivity index (χ1n) is 8.00. The Labute approximate surface area is 154 Å². The topological polar surface area (TPSA) is 84.2 Å². The van der Waals surface area contributed by atoms with E-state index in [9.17, 15) is 9.59 Å². The van der Waals surface area contributed by atoms with Crippen molar-refractivity contribution in [1.29, 1.82) is 0 Å². The summed E-state index contributed by atoms with van der Waals surface area (Å²) in [6, 6.07) is 4.89. The highest BCUT2D eigenvalue weighted by Gasteiger charge is 2.28. The van der Waals surface area contributed by atoms with Gasteiger partial charge in [-0.05, 0) is 42.9 Å². The Morgan fingerprint density at radius 1 is 1.33 bits per heavy atom. The maximum absolute atomic E-state index is 12.3. The lowest BCUT2D eigenvalue weighted by molar-refractivity contribution is -0.116. The quantitative estimate of drug-likeness (QED) is 0.685. The first kappa shape index (κ1) is 20.7. The average Bonchev–Trinajstić information content (AvgIpc) is 3.30. The van der Waals surface area contributed by atoms with Gasteiger partial charge in [0.2, 0.25) is 5.91 Å². The van der Waals surface area contributed by atoms with Crippen LogP contribution in [0.15, 0.2) is 18.2 Å². The van der Waals surface area contributed by atoms with E-state index in [2.05, 4.69) is 10.6 Å². The van der Waals surface area contributed by atoms with E-state index in [1.807, 2.05) is 13.8 Å². The van der Waals surface area contributed by atoms with Crippen molar-refractivity contribution in [3.8, 4) is 0 Å². The lowest BCUT2D eigenvalue weighted by Crippen LogP contribution is -2.38. The van der Waals surface area contributed by atoms with Crippen molar-refractivity contribution >= 4 is 41.5 Å². The lowest BCUT2D eigenvalue weighted by atomic mass is 10.1. The number of nitrogens with two attached hydrogens (primary N) is 1. The van der Waals surface area contributed by atoms with Crippen LogP contribution in [-0.4, -0.2) is 24.4 Å². The summed E-state index contributed by atoms with van der Waals surface area (Å²) in [4.78, 5) is 24.1. The maximum atomic E-state index is 12.3. The fourth-order valence-electron chi connectivity index (χ4n) is 2.36. The van der Waals surface area contributed by atoms with Crippen molar-refractivity contribution in [2.45, 2.75) is 39.2 Å². The van der Waals surface area contributed by atoms with Crippen LogP contribution < -0.4 is 16.4 Å². The molecule has 0 bridgehead atoms. The van der Waals surface area contributed by atoms with Crippen LogP contribution in [0.1, 0.15) is 43.5 Å². The molecule has 1 aliphatic rings. The van der Waals surface area contributed by atoms with Gasteiger partial charge < -0.3 is 16.4 Å². The number of hydrogen-bond acceptors (Lipinski definition) is 3. The fraction of sp³-hybridized carbons (Fsp3) is 0.529. The number of nitrogens with one attached hydrogen (secondary N) is 2. The van der Waals surface area contributed by atoms with Crippen LogP contribution in [0.2, 0.25) is 5.02 Å². The van der Waals surface area contributed by atoms with E-state index < -0.39 is 0 Å². The van der Waals surface area contributed by atoms with Crippen LogP contribution in [0.3, 0.4) is 0 Å². The zero-order valence-corrected chi connectivity index (χ0v) is 15.5. The number of amides is 2. The minimum Gasteiger partial charge on any atom is -0.350 e. The van der Waals surface area contributed by atoms with Crippen molar-refractivity contribution in [1.82, 2.24) is 5.32 Å². The van der Waals surface area contributed by atoms with E-state index in [0.717, 1.165) is 12.8 Å². The summed E-state index contributed by atoms with van der Waals surface area (Å²) in [6.07, 6.45) is 2.70. The molecule has 1 aromatic rings. The molecule has 0 spiro atoms. The van der Waals surface area contributed by atoms with Crippen molar-refractivity contribution in [2.24, 2.45) is 17.6 Å². The molecule has 1 saturated carbocycles. The molecule has 24 heavy (non-hydrogen) atoms. The van der Waals surface area contributed by atoms with Crippen LogP contribution in [0.25, 0.3) is 0 Å². The minimum atomic E-state index is -0.272. The Morgan fingerprint density at radius 2 is 2.00 bits per heavy atom. The van der Waals surface area contributed by atoms with E-state index in [-0.39, 0.29) is 36.2 Å². The van der Waals surface area contributed by atoms with Crippen LogP contribution in [-0.2, 0) is 4.79 Å². The molecule has 7 heteroatoms. The predicted octanol–water partition coefficient (Wildman–Crippen LogP) is 3.21. The number of carbonyl (C=O) groups excluding carboxylic acids is 2. The minimum absolute atomic E-state index is 0. The van der Waals surface area contributed by atoms with Crippen LogP contribution in [0.5, 0.6) is 0 Å². The number of rotatable bonds is 7. The molecular formula is C17H25Cl2N3O2. The number of benzene rings is 1. The second kappa shape index (κ2) is 9.25. The van der Waals surface area contributed by atoms with Gasteiger partial charge in [0.1, 0.15) is 0 Å². The fourth-order valence-corrected chi connectivity index (χ4v) is 2.56. The van der Waals surface area contributed by atoms with Gasteiger partial charge in [-0.3, -0.25) is 9.59 Å². The van der Waals surface area contributed by atoms with Crippen molar-refractivity contribution in [3.05, 3.63) is 28.8 Å². The number of carbonyl (C=O) groups is 2. The SMILES string of the molecule is CC(C)CC(=O)Nc1ccc(Cl)c(C(=O)NCC(N)C2CC2)c1.Cl. The largest absolute Gasteiger partial charge is 0.350 e. The molecule has 0 heterocycles. The van der Waals surface area contributed by atoms with Gasteiger partial charge in [0.15, 0.2) is 0 Å². The Morgan fingerprint density at radius 3 is 2.58 bits per heavy atom. The lowest BCUT2D eigenvalue weighted by Gasteiger charge is -2.13. The summed E-state index contributed by atoms with van der Waals surface area (Å²) in [5.41, 5.74) is 6.89. The first-order chi connectivity index (χ1) is 10.9. The first-order valence-corrected chi connectivity index (χ1v) is 8.37. The van der Waals surface area contributed by atoms with Gasteiger partial charge in [-0.1, -0.05) is 25.4 Å². The molecule has 2 rings (SSSR count). The highest BCUT2D eigenvalue weighted by atomic mass is 35.5. The van der Waals surface area contributed by atoms with Gasteiger partial charge in [0.25, 0.3) is 5.91 Å². The summed E-state index contributed by atoms with van der Waals surface area (Å²) in [6.45, 7) is 4.39. The summed E-state index contributed by atoms with van der Waals surface area (Å²) in [5.74, 6) is 0.442. The van der Waals surface area contributed by atoms with Gasteiger partial charge >= 0.3 is 0 Å². The molecule has 1 fully saturated rings. The molecule has 5 nitrogen and oxygen atoms in total. The standard InChI is InChI=1S/C17H24ClN3O2.ClH/c1-10(2)7-16(22)21-12-5-6-14(18)13(8-12)17(23)20-9-15(19)11-3-4-11;/h5-6,8,10-11,15H,3-4,7,9,19H2,1-2H3,(H,20,23)(H,21,22);1H. The molecule has 2 amide bonds. The van der Waals surface area contributed by atoms with Crippen LogP contribution in [0, 0.1) is 11.8 Å². The van der Waals surface area contributed by atoms with Crippen molar-refractivity contribution in [2.75, 3.05) is 11.9 Å². The zero-order chi connectivity index (χ0) is 17.0. The molecule has 0 radical (unpaired) electrons. The zero-order valence-electron chi connectivity index (χ0n) is 14.0. The average molecular weight is 374 g/mol. The molecule has 1 aromatic carbocycles. The Hall–Kier alpha value is -1.30. The summed E-state index contributed by atoms with van der Waals surface area (Å²) in [5, 5.41) is 5.95. The van der Waals surface area contributed by atoms with Crippen molar-refractivity contribution in [3.63, 3.8) is 0 Å². The maximum Gasteiger partial charge on any atom is 0.252 e. The molecule has 134 valence electrons. The smallest absolute Gasteiger partial charge is 0.252 e. The third kappa shape index (κ3) is 6.30. The second-order valence-electron chi connectivity index (χ2n) is 6.55. The predicted molar refractivity (Wildman–Crippen MR) is 99.8 cm³/mol. The second-order valence-corrected chi connectivity index (χ2v) is 6.96. The van der Waals surface area contributed by atoms with Crippen LogP contribution >= 0.6 is 24.0 Å². The van der Waals surface area contributed by atoms with Crippen LogP contribution in [0.4, 0.5) is 5.69 Å². The van der Waals surface area contributed by atoms with E-state index in [1.165, 1.54) is 0 Å². The molecule has 0 saturated heterocycles. The number of hydrogen-bond donors (Lipinski definition) is 3. The van der Waals surface area contributed by atoms with Gasteiger partial charge in [0.05, 0.1) is 10.6 Å². The molecule has 1 unspecified atom stereocenters. The Bertz CT molecular complexity index is 589. The summed E-state index contributed by atoms with van der Waals surface area (Å²) < 4.78 is 0. The van der Waals surface area contributed by atoms with Gasteiger partial charge in [0, 0.05) is 24.7 Å². The molecule has 0 aromatic heterocycles. The molecule has 1 atom stereocenters. The van der Waals surface area contributed by atoms with E-state index in [1.54, 1.807) is 18.2 Å². The molecular weight excluding hydrogens is 349 g/mol. The van der Waals surface area contributed by atoms with E-state index in [4.69, 9.17) is 17.3 Å². The molecule has 1 aliphatic carbocycles. The number of halogens is 2. The van der Waals surface area contributed by atoms with Gasteiger partial charge in [-0.2, -0.15) is 0 Å². The van der Waals surface area contributed by atoms with E-state index >= 15 is 0 Å². The summed E-state index contributed by atoms with van der Waals surface area (Å²) >= 11 is 6.10. The normalized spacial score (nSPS) is 14.7. The third-order valence-corrected chi connectivity index (χ3v) is 4.14. The highest BCUT2D eigenvalue weighted by Crippen LogP contribution is 2.31. The number of anilines is 1. The third-order valence-electron chi connectivity index (χ3n) is 3.81. The Balaban J connectivity index is 0.00000288. The van der Waals surface area contributed by atoms with E-state index in [0.29, 0.717) is 35.2 Å². The molecule has 0 aliphatic heterocycles. The highest BCUT2D eigenvalue weighted by molar-refractivity contribution is 6.34. The monoisotopic (exact) mass is 373 g/mol. The molecule has 4 N–H and O–H groups in total.